The van der Waals surface area contributed by atoms with Crippen molar-refractivity contribution in [1.82, 2.24) is 0 Å². The van der Waals surface area contributed by atoms with Crippen LogP contribution in [0.5, 0.6) is 0 Å². The summed E-state index contributed by atoms with van der Waals surface area (Å²) in [6, 6.07) is 3.79. The van der Waals surface area contributed by atoms with Crippen LogP contribution >= 0.6 is 0 Å². The van der Waals surface area contributed by atoms with Crippen LogP contribution in [0.15, 0.2) is 236 Å². The van der Waals surface area contributed by atoms with E-state index in [1.165, 1.54) is 0 Å². The Balaban J connectivity index is 1.46. The molecule has 0 spiro atoms. The van der Waals surface area contributed by atoms with Gasteiger partial charge < -0.3 is 9.80 Å². The molecule has 2 aliphatic heterocycles. The summed E-state index contributed by atoms with van der Waals surface area (Å²) < 4.78 is 292. The Morgan fingerprint density at radius 2 is 0.539 bits per heavy atom. The van der Waals surface area contributed by atoms with E-state index in [9.17, 15) is 35.6 Å². The van der Waals surface area contributed by atoms with E-state index in [4.69, 9.17) is 2.74 Å². The molecule has 0 aliphatic carbocycles. The molecule has 12 aromatic rings. The molecule has 0 radical (unpaired) electrons. The summed E-state index contributed by atoms with van der Waals surface area (Å²) in [5.74, 6) is 0. The predicted molar refractivity (Wildman–Crippen MR) is 506 cm³/mol. The molecule has 0 atom stereocenters. The fraction of sp³-hybridized carbons (Fsp3) is 0.357. The summed E-state index contributed by atoms with van der Waals surface area (Å²) in [6.45, 7) is 53.9. The molecule has 0 unspecified atom stereocenters. The van der Waals surface area contributed by atoms with Crippen molar-refractivity contribution in [1.29, 1.82) is 0 Å². The van der Waals surface area contributed by atoms with E-state index in [1.54, 1.807) is 129 Å². The second kappa shape index (κ2) is 28.6. The third-order valence-corrected chi connectivity index (χ3v) is 21.9. The van der Waals surface area contributed by atoms with Crippen LogP contribution in [0.3, 0.4) is 0 Å². The molecular formula is C112H129BN2. The SMILES string of the molecule is [2H]c1c([2H])c([2H])c(-c2ccc3c(c2)N(c2c(-c4c([2H])c([2H])c(C(C)(C)C)c([2H])c4[2H])c([2H])c(C(C)(C)C)c([2H])c2-c2c([2H])c(C(C)(C)C)c([2H])c(C(C)(C)C)c2[2H])c2cc(-c4cc(C(C)(C)C)cc(C(C)(C)C)c4)cc4c2B3c2ccc(-c3c([2H])c([2H])c([2H])c([2H])c3[2H])cc2N4c2c(-c3c([2H])c([2H])c(C(C)(C)C)c([2H])c3[2H])c([2H])c(C(C)(C)C)c([2H])c2-c2c(C(C)(C)C)c([2H])c([2H])c([2H])c2C(C)(C)C)c([2H])c1[2H]. The molecular weight excluding hydrogens is 1380 g/mol. The van der Waals surface area contributed by atoms with Crippen LogP contribution < -0.4 is 26.2 Å². The van der Waals surface area contributed by atoms with Crippen LogP contribution in [0.25, 0.3) is 77.9 Å². The Labute approximate surface area is 733 Å². The number of nitrogens with zero attached hydrogens (tertiary/aromatic N) is 2. The average Bonchev–Trinajstić information content (AvgIpc) is 0.673. The molecule has 14 rings (SSSR count). The molecule has 0 fully saturated rings. The molecule has 0 saturated heterocycles. The van der Waals surface area contributed by atoms with Crippen molar-refractivity contribution >= 4 is 57.2 Å². The fourth-order valence-electron chi connectivity index (χ4n) is 15.1. The molecule has 0 saturated carbocycles. The summed E-state index contributed by atoms with van der Waals surface area (Å²) in [6.07, 6.45) is 0. The van der Waals surface area contributed by atoms with Crippen molar-refractivity contribution in [2.75, 3.05) is 9.80 Å². The molecule has 3 heteroatoms. The van der Waals surface area contributed by atoms with Gasteiger partial charge in [0.1, 0.15) is 0 Å². The molecule has 115 heavy (non-hydrogen) atoms. The molecule has 12 aromatic carbocycles. The first-order chi connectivity index (χ1) is 65.1. The smallest absolute Gasteiger partial charge is 0.252 e. The lowest BCUT2D eigenvalue weighted by Gasteiger charge is -2.46. The van der Waals surface area contributed by atoms with Gasteiger partial charge in [-0.05, 0) is 230 Å². The Kier molecular flexibility index (Phi) is 13.3. The molecule has 0 N–H and O–H groups in total. The number of fused-ring (bicyclic) bond motifs is 4. The van der Waals surface area contributed by atoms with E-state index in [0.717, 1.165) is 11.1 Å². The minimum atomic E-state index is -1.37. The third kappa shape index (κ3) is 15.9. The fourth-order valence-corrected chi connectivity index (χ4v) is 15.1. The van der Waals surface area contributed by atoms with Gasteiger partial charge in [-0.2, -0.15) is 0 Å². The minimum Gasteiger partial charge on any atom is -0.310 e. The zero-order valence-electron chi connectivity index (χ0n) is 101. The van der Waals surface area contributed by atoms with Crippen LogP contribution in [0.2, 0.25) is 0 Å². The molecule has 2 heterocycles. The second-order valence-corrected chi connectivity index (χ2v) is 41.8. The first-order valence-electron chi connectivity index (χ1n) is 54.3. The first-order valence-corrected chi connectivity index (χ1v) is 40.3. The van der Waals surface area contributed by atoms with Gasteiger partial charge in [0, 0.05) is 45.0 Å². The molecule has 0 amide bonds. The molecule has 590 valence electrons. The van der Waals surface area contributed by atoms with Crippen molar-refractivity contribution < 1.29 is 38.4 Å². The number of hydrogen-bond donors (Lipinski definition) is 0. The quantitative estimate of drug-likeness (QED) is 0.133. The lowest BCUT2D eigenvalue weighted by atomic mass is 9.33. The minimum absolute atomic E-state index is 0.00249. The van der Waals surface area contributed by atoms with Gasteiger partial charge in [-0.1, -0.05) is 395 Å². The molecule has 0 aromatic heterocycles. The Morgan fingerprint density at radius 1 is 0.226 bits per heavy atom. The molecule has 2 aliphatic rings. The van der Waals surface area contributed by atoms with Crippen LogP contribution in [-0.4, -0.2) is 6.71 Å². The highest BCUT2D eigenvalue weighted by molar-refractivity contribution is 7.00. The monoisotopic (exact) mass is 1540 g/mol. The zero-order chi connectivity index (χ0) is 108. The van der Waals surface area contributed by atoms with Gasteiger partial charge in [-0.15, -0.1) is 0 Å². The highest BCUT2D eigenvalue weighted by Crippen LogP contribution is 2.58. The maximum atomic E-state index is 11.8. The van der Waals surface area contributed by atoms with Crippen molar-refractivity contribution in [3.63, 3.8) is 0 Å². The molecule has 0 bridgehead atoms. The lowest BCUT2D eigenvalue weighted by Crippen LogP contribution is -2.61. The van der Waals surface area contributed by atoms with Crippen LogP contribution in [-0.2, 0) is 54.1 Å². The average molecular weight is 1540 g/mol. The van der Waals surface area contributed by atoms with E-state index in [0.29, 0.717) is 5.56 Å². The number of rotatable bonds is 9. The molecule has 2 nitrogen and oxygen atoms in total. The Hall–Kier alpha value is -9.70. The topological polar surface area (TPSA) is 6.48 Å². The summed E-state index contributed by atoms with van der Waals surface area (Å²) in [5.41, 5.74) is -11.4. The van der Waals surface area contributed by atoms with Gasteiger partial charge in [0.15, 0.2) is 0 Å². The highest BCUT2D eigenvalue weighted by atomic mass is 15.2. The summed E-state index contributed by atoms with van der Waals surface area (Å²) in [5, 5.41) is 0. The van der Waals surface area contributed by atoms with Gasteiger partial charge in [0.2, 0.25) is 0 Å². The lowest BCUT2D eigenvalue weighted by molar-refractivity contribution is 0.568. The highest BCUT2D eigenvalue weighted by Gasteiger charge is 2.47. The van der Waals surface area contributed by atoms with Crippen LogP contribution in [0.4, 0.5) is 34.1 Å². The van der Waals surface area contributed by atoms with Crippen LogP contribution in [0, 0.1) is 0 Å². The Morgan fingerprint density at radius 3 is 0.887 bits per heavy atom. The van der Waals surface area contributed by atoms with E-state index in [-0.39, 0.29) is 162 Å². The van der Waals surface area contributed by atoms with E-state index in [1.807, 2.05) is 107 Å². The Bertz CT molecular complexity index is 7290. The second-order valence-electron chi connectivity index (χ2n) is 41.8. The number of hydrogen-bond acceptors (Lipinski definition) is 2. The predicted octanol–water partition coefficient (Wildman–Crippen LogP) is 30.4. The van der Waals surface area contributed by atoms with Gasteiger partial charge in [-0.25, -0.2) is 0 Å². The van der Waals surface area contributed by atoms with E-state index in [2.05, 4.69) is 47.6 Å². The summed E-state index contributed by atoms with van der Waals surface area (Å²) >= 11 is 0. The summed E-state index contributed by atoms with van der Waals surface area (Å²) in [7, 11) is 0. The largest absolute Gasteiger partial charge is 0.310 e. The van der Waals surface area contributed by atoms with Crippen molar-refractivity contribution in [2.45, 2.75) is 262 Å². The number of anilines is 6. The van der Waals surface area contributed by atoms with Gasteiger partial charge in [0.05, 0.1) is 49.8 Å². The van der Waals surface area contributed by atoms with Crippen molar-refractivity contribution in [3.8, 4) is 77.9 Å². The van der Waals surface area contributed by atoms with Gasteiger partial charge in [0.25, 0.3) is 6.71 Å². The van der Waals surface area contributed by atoms with Crippen molar-refractivity contribution in [2.24, 2.45) is 0 Å². The normalized spacial score (nSPS) is 17.2. The maximum Gasteiger partial charge on any atom is 0.252 e. The van der Waals surface area contributed by atoms with Gasteiger partial charge >= 0.3 is 0 Å². The maximum absolute atomic E-state index is 11.8. The third-order valence-electron chi connectivity index (χ3n) is 21.9. The zero-order valence-corrected chi connectivity index (χ0v) is 73.3. The summed E-state index contributed by atoms with van der Waals surface area (Å²) in [4.78, 5) is 3.37. The van der Waals surface area contributed by atoms with Gasteiger partial charge in [-0.3, -0.25) is 0 Å². The van der Waals surface area contributed by atoms with E-state index < -0.39 is 235 Å². The standard InChI is InChI=1S/C112H129BN2/c1-103(2,3)79-50-44-72(45-51-79)87-66-85(109(19,20)21)68-89(78-58-83(107(13,14)15)65-84(59-78)108(16,17)18)101(87)114-95-60-74(70-38-33-31-34-39-70)48-54-93(95)113-94-55-49-75(71-40-35-32-36-41-71)61-96(94)115(98-63-77(62-97(114)100(98)113)76-56-81(105(7,8)9)64-82(57-76)106(10,11)12)102-88(73-46-52-80(53-47-73)104(4,5)6)67-86(110(22,23)24)69-90(102)99-91(111(25,26)27)42-37-43-92(99)112(28,29)30/h31-69H,1-30H3/i31D,32D,33D,34D,35D,36D,37D,38D,39D,40D,41D,42D,43D,44D,45D,46D,47D,50D,51D,52D,53D,58D,59D,65D,66D,67D,68D,69D. The van der Waals surface area contributed by atoms with Crippen LogP contribution in [0.1, 0.15) is 302 Å². The first kappa shape index (κ1) is 53.5. The number of benzene rings is 12. The van der Waals surface area contributed by atoms with E-state index >= 15 is 0 Å². The van der Waals surface area contributed by atoms with Crippen molar-refractivity contribution in [3.05, 3.63) is 292 Å².